The number of hydrogen-bond acceptors (Lipinski definition) is 7. The van der Waals surface area contributed by atoms with Gasteiger partial charge in [0.2, 0.25) is 0 Å². The molecule has 2 aromatic heterocycles. The number of nitrogens with one attached hydrogen (secondary N) is 1. The maximum Gasteiger partial charge on any atom is 0.172 e. The highest BCUT2D eigenvalue weighted by Crippen LogP contribution is 2.32. The monoisotopic (exact) mass is 404 g/mol. The fraction of sp³-hybridized carbons (Fsp3) is 0.364. The van der Waals surface area contributed by atoms with Crippen molar-refractivity contribution in [2.45, 2.75) is 37.8 Å². The van der Waals surface area contributed by atoms with Gasteiger partial charge in [-0.2, -0.15) is 5.26 Å². The average molecular weight is 404 g/mol. The first-order valence-electron chi connectivity index (χ1n) is 10.2. The summed E-state index contributed by atoms with van der Waals surface area (Å²) in [5.41, 5.74) is 1.88. The number of nitriles is 1. The topological polar surface area (TPSA) is 87.0 Å². The summed E-state index contributed by atoms with van der Waals surface area (Å²) >= 11 is 0. The number of hydrogen-bond donors (Lipinski definition) is 1. The molecule has 2 fully saturated rings. The number of fused-ring (bicyclic) bond motifs is 1. The molecule has 2 aliphatic rings. The molecule has 0 atom stereocenters. The SMILES string of the molecule is N#Cc1ccc(OC2CCN(c3nc4cnccc4nc3NC3CC3)CC2)c(F)c1. The van der Waals surface area contributed by atoms with Gasteiger partial charge >= 0.3 is 0 Å². The molecule has 5 rings (SSSR count). The lowest BCUT2D eigenvalue weighted by Crippen LogP contribution is -2.39. The van der Waals surface area contributed by atoms with Gasteiger partial charge in [-0.25, -0.2) is 14.4 Å². The van der Waals surface area contributed by atoms with Crippen LogP contribution in [-0.4, -0.2) is 40.2 Å². The highest BCUT2D eigenvalue weighted by molar-refractivity contribution is 5.80. The Labute approximate surface area is 173 Å². The van der Waals surface area contributed by atoms with E-state index in [1.54, 1.807) is 18.5 Å². The second-order valence-corrected chi connectivity index (χ2v) is 7.74. The van der Waals surface area contributed by atoms with Crippen molar-refractivity contribution in [3.8, 4) is 11.8 Å². The Hall–Kier alpha value is -3.47. The van der Waals surface area contributed by atoms with Gasteiger partial charge in [0.15, 0.2) is 23.2 Å². The second kappa shape index (κ2) is 7.75. The van der Waals surface area contributed by atoms with Crippen LogP contribution < -0.4 is 15.0 Å². The third-order valence-corrected chi connectivity index (χ3v) is 5.46. The lowest BCUT2D eigenvalue weighted by Gasteiger charge is -2.33. The van der Waals surface area contributed by atoms with E-state index in [4.69, 9.17) is 20.0 Å². The minimum absolute atomic E-state index is 0.0846. The molecule has 0 radical (unpaired) electrons. The largest absolute Gasteiger partial charge is 0.487 e. The molecule has 30 heavy (non-hydrogen) atoms. The number of aromatic nitrogens is 3. The molecule has 3 aromatic rings. The number of piperidine rings is 1. The Morgan fingerprint density at radius 1 is 1.10 bits per heavy atom. The van der Waals surface area contributed by atoms with Gasteiger partial charge in [-0.05, 0) is 37.1 Å². The van der Waals surface area contributed by atoms with Crippen molar-refractivity contribution in [1.82, 2.24) is 15.0 Å². The molecule has 0 spiro atoms. The Kier molecular flexibility index (Phi) is 4.79. The second-order valence-electron chi connectivity index (χ2n) is 7.74. The van der Waals surface area contributed by atoms with Gasteiger partial charge in [0.1, 0.15) is 11.6 Å². The third kappa shape index (κ3) is 3.83. The number of rotatable bonds is 5. The van der Waals surface area contributed by atoms with Crippen LogP contribution in [0.3, 0.4) is 0 Å². The van der Waals surface area contributed by atoms with E-state index in [-0.39, 0.29) is 17.4 Å². The molecule has 1 aromatic carbocycles. The molecule has 1 aliphatic carbocycles. The zero-order valence-corrected chi connectivity index (χ0v) is 16.4. The van der Waals surface area contributed by atoms with Gasteiger partial charge in [-0.1, -0.05) is 0 Å². The highest BCUT2D eigenvalue weighted by Gasteiger charge is 2.28. The Bertz CT molecular complexity index is 1120. The fourth-order valence-corrected chi connectivity index (χ4v) is 3.67. The number of nitrogens with zero attached hydrogens (tertiary/aromatic N) is 5. The minimum Gasteiger partial charge on any atom is -0.487 e. The number of pyridine rings is 1. The molecule has 8 heteroatoms. The molecular weight excluding hydrogens is 383 g/mol. The van der Waals surface area contributed by atoms with Crippen LogP contribution >= 0.6 is 0 Å². The molecule has 1 aliphatic heterocycles. The van der Waals surface area contributed by atoms with E-state index in [1.165, 1.54) is 12.1 Å². The third-order valence-electron chi connectivity index (χ3n) is 5.46. The molecular formula is C22H21FN6O. The Morgan fingerprint density at radius 3 is 2.67 bits per heavy atom. The number of benzene rings is 1. The molecule has 152 valence electrons. The number of anilines is 2. The first kappa shape index (κ1) is 18.6. The van der Waals surface area contributed by atoms with Gasteiger partial charge in [-0.3, -0.25) is 4.98 Å². The lowest BCUT2D eigenvalue weighted by atomic mass is 10.1. The van der Waals surface area contributed by atoms with Crippen LogP contribution in [0, 0.1) is 17.1 Å². The summed E-state index contributed by atoms with van der Waals surface area (Å²) in [6.07, 6.45) is 7.17. The average Bonchev–Trinajstić information content (AvgIpc) is 3.59. The first-order valence-corrected chi connectivity index (χ1v) is 10.2. The van der Waals surface area contributed by atoms with Crippen LogP contribution in [0.25, 0.3) is 11.0 Å². The molecule has 3 heterocycles. The zero-order valence-electron chi connectivity index (χ0n) is 16.4. The highest BCUT2D eigenvalue weighted by atomic mass is 19.1. The van der Waals surface area contributed by atoms with Gasteiger partial charge in [0.05, 0.1) is 23.3 Å². The maximum atomic E-state index is 14.1. The van der Waals surface area contributed by atoms with Crippen LogP contribution in [0.2, 0.25) is 0 Å². The smallest absolute Gasteiger partial charge is 0.172 e. The van der Waals surface area contributed by atoms with E-state index in [1.807, 2.05) is 12.1 Å². The summed E-state index contributed by atoms with van der Waals surface area (Å²) in [5, 5.41) is 12.4. The molecule has 0 bridgehead atoms. The first-order chi connectivity index (χ1) is 14.7. The van der Waals surface area contributed by atoms with Gasteiger partial charge < -0.3 is 15.0 Å². The number of halogens is 1. The van der Waals surface area contributed by atoms with E-state index in [0.717, 1.165) is 61.4 Å². The van der Waals surface area contributed by atoms with Crippen molar-refractivity contribution < 1.29 is 9.13 Å². The van der Waals surface area contributed by atoms with E-state index in [9.17, 15) is 4.39 Å². The Balaban J connectivity index is 1.31. The Morgan fingerprint density at radius 2 is 1.93 bits per heavy atom. The maximum absolute atomic E-state index is 14.1. The van der Waals surface area contributed by atoms with E-state index in [0.29, 0.717) is 6.04 Å². The predicted octanol–water partition coefficient (Wildman–Crippen LogP) is 3.66. The molecule has 0 amide bonds. The van der Waals surface area contributed by atoms with Crippen LogP contribution in [0.15, 0.2) is 36.7 Å². The summed E-state index contributed by atoms with van der Waals surface area (Å²) in [4.78, 5) is 16.0. The molecule has 1 saturated heterocycles. The van der Waals surface area contributed by atoms with E-state index in [2.05, 4.69) is 15.2 Å². The summed E-state index contributed by atoms with van der Waals surface area (Å²) in [6, 6.07) is 8.58. The van der Waals surface area contributed by atoms with Crippen molar-refractivity contribution in [3.63, 3.8) is 0 Å². The fourth-order valence-electron chi connectivity index (χ4n) is 3.67. The van der Waals surface area contributed by atoms with Crippen LogP contribution in [0.1, 0.15) is 31.2 Å². The summed E-state index contributed by atoms with van der Waals surface area (Å²) in [7, 11) is 0. The molecule has 1 N–H and O–H groups in total. The predicted molar refractivity (Wildman–Crippen MR) is 111 cm³/mol. The quantitative estimate of drug-likeness (QED) is 0.694. The van der Waals surface area contributed by atoms with Crippen LogP contribution in [-0.2, 0) is 0 Å². The lowest BCUT2D eigenvalue weighted by molar-refractivity contribution is 0.163. The van der Waals surface area contributed by atoms with Gasteiger partial charge in [-0.15, -0.1) is 0 Å². The standard InChI is InChI=1S/C22H21FN6O/c23-17-11-14(12-24)1-4-20(17)30-16-6-9-29(10-7-16)22-21(26-15-2-3-15)27-18-5-8-25-13-19(18)28-22/h1,4-5,8,11,13,15-16H,2-3,6-7,9-10H2,(H,26,27). The van der Waals surface area contributed by atoms with Crippen molar-refractivity contribution in [2.24, 2.45) is 0 Å². The summed E-state index contributed by atoms with van der Waals surface area (Å²) < 4.78 is 20.0. The van der Waals surface area contributed by atoms with E-state index >= 15 is 0 Å². The van der Waals surface area contributed by atoms with Gasteiger partial charge in [0.25, 0.3) is 0 Å². The van der Waals surface area contributed by atoms with E-state index < -0.39 is 5.82 Å². The van der Waals surface area contributed by atoms with Crippen molar-refractivity contribution in [2.75, 3.05) is 23.3 Å². The normalized spacial score (nSPS) is 17.0. The van der Waals surface area contributed by atoms with Crippen LogP contribution in [0.4, 0.5) is 16.0 Å². The van der Waals surface area contributed by atoms with Crippen molar-refractivity contribution >= 4 is 22.7 Å². The van der Waals surface area contributed by atoms with Crippen molar-refractivity contribution in [1.29, 1.82) is 5.26 Å². The van der Waals surface area contributed by atoms with Crippen LogP contribution in [0.5, 0.6) is 5.75 Å². The van der Waals surface area contributed by atoms with Crippen molar-refractivity contribution in [3.05, 3.63) is 48.0 Å². The molecule has 1 saturated carbocycles. The van der Waals surface area contributed by atoms with Gasteiger partial charge in [0, 0.05) is 38.2 Å². The molecule has 0 unspecified atom stereocenters. The summed E-state index contributed by atoms with van der Waals surface area (Å²) in [6.45, 7) is 1.48. The zero-order chi connectivity index (χ0) is 20.5. The molecule has 7 nitrogen and oxygen atoms in total. The summed E-state index contributed by atoms with van der Waals surface area (Å²) in [5.74, 6) is 1.35. The number of ether oxygens (including phenoxy) is 1. The minimum atomic E-state index is -0.500.